The molecule has 0 unspecified atom stereocenters. The van der Waals surface area contributed by atoms with Gasteiger partial charge in [-0.3, -0.25) is 0 Å². The van der Waals surface area contributed by atoms with Crippen LogP contribution in [0.3, 0.4) is 0 Å². The summed E-state index contributed by atoms with van der Waals surface area (Å²) in [6, 6.07) is 0. The second kappa shape index (κ2) is 17.2. The summed E-state index contributed by atoms with van der Waals surface area (Å²) < 4.78 is 0. The summed E-state index contributed by atoms with van der Waals surface area (Å²) >= 11 is 0. The molecule has 0 fully saturated rings. The zero-order valence-electron chi connectivity index (χ0n) is 3.62. The zero-order chi connectivity index (χ0) is 3.41. The van der Waals surface area contributed by atoms with Gasteiger partial charge in [-0.2, -0.15) is 0 Å². The van der Waals surface area contributed by atoms with Crippen molar-refractivity contribution in [2.45, 2.75) is 19.8 Å². The van der Waals surface area contributed by atoms with Crippen molar-refractivity contribution in [1.82, 2.24) is 0 Å². The average molecular weight is 101 g/mol. The van der Waals surface area contributed by atoms with Gasteiger partial charge in [-0.15, -0.1) is 0 Å². The summed E-state index contributed by atoms with van der Waals surface area (Å²) in [6.45, 7) is 5.72. The Bertz CT molecular complexity index is 9.51. The van der Waals surface area contributed by atoms with Gasteiger partial charge in [-0.05, 0) is 0 Å². The van der Waals surface area contributed by atoms with Crippen LogP contribution in [-0.4, -0.2) is 28.5 Å². The third-order valence-corrected chi connectivity index (χ3v) is 0.354. The quantitative estimate of drug-likeness (QED) is 0.413. The Morgan fingerprint density at radius 3 is 1.67 bits per heavy atom. The smallest absolute Gasteiger partial charge is 0.316 e. The highest BCUT2D eigenvalue weighted by Crippen LogP contribution is 1.75. The van der Waals surface area contributed by atoms with Crippen molar-refractivity contribution in [3.05, 3.63) is 6.92 Å². The molecule has 0 saturated carbocycles. The molecule has 0 amide bonds. The van der Waals surface area contributed by atoms with Gasteiger partial charge >= 0.3 is 23.1 Å². The molecule has 2 N–H and O–H groups in total. The molecule has 0 aromatic heterocycles. The van der Waals surface area contributed by atoms with Crippen molar-refractivity contribution < 1.29 is 5.48 Å². The molecule has 0 aromatic rings. The van der Waals surface area contributed by atoms with Crippen LogP contribution < -0.4 is 0 Å². The lowest BCUT2D eigenvalue weighted by Gasteiger charge is -1.67. The second-order valence-electron chi connectivity index (χ2n) is 0.854. The van der Waals surface area contributed by atoms with Crippen molar-refractivity contribution >= 4 is 23.1 Å². The van der Waals surface area contributed by atoms with E-state index in [1.54, 1.807) is 0 Å². The Labute approximate surface area is 55.6 Å². The predicted octanol–water partition coefficient (Wildman–Crippen LogP) is -0.120. The predicted molar refractivity (Wildman–Crippen MR) is 32.4 cm³/mol. The van der Waals surface area contributed by atoms with Gasteiger partial charge in [0.05, 0.1) is 0 Å². The largest absolute Gasteiger partial charge is 0.412 e. The molecule has 0 heterocycles. The lowest BCUT2D eigenvalue weighted by atomic mass is 10.4. The third kappa shape index (κ3) is 22.0. The molecule has 0 aromatic carbocycles. The van der Waals surface area contributed by atoms with Gasteiger partial charge in [0.25, 0.3) is 0 Å². The molecular weight excluding hydrogens is 88.3 g/mol. The van der Waals surface area contributed by atoms with E-state index in [4.69, 9.17) is 0 Å². The van der Waals surface area contributed by atoms with E-state index in [-0.39, 0.29) is 28.5 Å². The molecule has 0 aliphatic rings. The van der Waals surface area contributed by atoms with Crippen LogP contribution in [0.5, 0.6) is 0 Å². The summed E-state index contributed by atoms with van der Waals surface area (Å²) in [7, 11) is 0. The Balaban J connectivity index is -0.0000000450. The molecular formula is C4H13MgO. The molecule has 0 aliphatic heterocycles. The molecule has 37 valence electrons. The van der Waals surface area contributed by atoms with E-state index >= 15 is 0 Å². The van der Waals surface area contributed by atoms with E-state index in [1.807, 2.05) is 0 Å². The highest BCUT2D eigenvalue weighted by Gasteiger charge is 1.56. The highest BCUT2D eigenvalue weighted by molar-refractivity contribution is 5.75. The fraction of sp³-hybridized carbons (Fsp3) is 0.750. The van der Waals surface area contributed by atoms with Crippen molar-refractivity contribution in [2.75, 3.05) is 0 Å². The molecule has 0 bridgehead atoms. The van der Waals surface area contributed by atoms with Gasteiger partial charge in [-0.25, -0.2) is 0 Å². The minimum atomic E-state index is 0. The van der Waals surface area contributed by atoms with Gasteiger partial charge in [-0.1, -0.05) is 26.7 Å². The fourth-order valence-electron chi connectivity index (χ4n) is 0. The van der Waals surface area contributed by atoms with Gasteiger partial charge < -0.3 is 5.48 Å². The Hall–Kier alpha value is 0.726. The number of hydrogen-bond acceptors (Lipinski definition) is 0. The van der Waals surface area contributed by atoms with Gasteiger partial charge in [0.15, 0.2) is 0 Å². The average Bonchev–Trinajstić information content (AvgIpc) is 1.37. The first-order chi connectivity index (χ1) is 1.91. The number of hydrogen-bond donors (Lipinski definition) is 0. The Kier molecular flexibility index (Phi) is 45.6. The van der Waals surface area contributed by atoms with Crippen molar-refractivity contribution in [2.24, 2.45) is 0 Å². The summed E-state index contributed by atoms with van der Waals surface area (Å²) in [6.07, 6.45) is 2.28. The van der Waals surface area contributed by atoms with Crippen molar-refractivity contribution in [3.63, 3.8) is 0 Å². The molecule has 0 spiro atoms. The van der Waals surface area contributed by atoms with Gasteiger partial charge in [0.1, 0.15) is 0 Å². The maximum atomic E-state index is 3.60. The van der Waals surface area contributed by atoms with E-state index in [9.17, 15) is 0 Å². The van der Waals surface area contributed by atoms with Crippen LogP contribution in [0, 0.1) is 6.92 Å². The van der Waals surface area contributed by atoms with Gasteiger partial charge in [0.2, 0.25) is 0 Å². The van der Waals surface area contributed by atoms with Gasteiger partial charge in [0, 0.05) is 0 Å². The van der Waals surface area contributed by atoms with Crippen molar-refractivity contribution in [1.29, 1.82) is 0 Å². The van der Waals surface area contributed by atoms with Crippen LogP contribution in [0.1, 0.15) is 19.8 Å². The van der Waals surface area contributed by atoms with Crippen molar-refractivity contribution in [3.8, 4) is 0 Å². The molecule has 1 nitrogen and oxygen atoms in total. The molecule has 0 saturated heterocycles. The van der Waals surface area contributed by atoms with E-state index in [2.05, 4.69) is 13.8 Å². The molecule has 0 aliphatic carbocycles. The molecule has 6 heavy (non-hydrogen) atoms. The molecule has 0 rings (SSSR count). The number of rotatable bonds is 1. The standard InChI is InChI=1S/C4H9.Mg.H2O.2H/c1-3-4-2;;;;/h1,3-4H2,2H3;;1H2;;. The highest BCUT2D eigenvalue weighted by atomic mass is 24.3. The zero-order valence-corrected chi connectivity index (χ0v) is 3.62. The summed E-state index contributed by atoms with van der Waals surface area (Å²) in [5, 5.41) is 0. The molecule has 1 radical (unpaired) electrons. The van der Waals surface area contributed by atoms with Crippen LogP contribution in [-0.2, 0) is 0 Å². The maximum Gasteiger partial charge on any atom is 0.316 e. The van der Waals surface area contributed by atoms with Crippen LogP contribution in [0.2, 0.25) is 0 Å². The first-order valence-electron chi connectivity index (χ1n) is 1.71. The van der Waals surface area contributed by atoms with E-state index < -0.39 is 0 Å². The molecule has 0 atom stereocenters. The minimum Gasteiger partial charge on any atom is -0.412 e. The SMILES string of the molecule is O.[CH2]CCC.[MgH2]. The summed E-state index contributed by atoms with van der Waals surface area (Å²) in [4.78, 5) is 0. The first kappa shape index (κ1) is 15.9. The normalized spacial score (nSPS) is 5.00. The lowest BCUT2D eigenvalue weighted by Crippen LogP contribution is -1.48. The van der Waals surface area contributed by atoms with Crippen LogP contribution in [0.15, 0.2) is 0 Å². The minimum absolute atomic E-state index is 0. The maximum absolute atomic E-state index is 3.60. The number of unbranched alkanes of at least 4 members (excludes halogenated alkanes) is 1. The Morgan fingerprint density at radius 2 is 1.67 bits per heavy atom. The van der Waals surface area contributed by atoms with Crippen LogP contribution in [0.4, 0.5) is 0 Å². The first-order valence-corrected chi connectivity index (χ1v) is 1.71. The lowest BCUT2D eigenvalue weighted by molar-refractivity contribution is 0.824. The topological polar surface area (TPSA) is 31.5 Å². The van der Waals surface area contributed by atoms with Crippen LogP contribution in [0.25, 0.3) is 0 Å². The van der Waals surface area contributed by atoms with E-state index in [0.29, 0.717) is 0 Å². The third-order valence-electron chi connectivity index (χ3n) is 0.354. The fourth-order valence-corrected chi connectivity index (χ4v) is 0. The van der Waals surface area contributed by atoms with E-state index in [1.165, 1.54) is 6.42 Å². The monoisotopic (exact) mass is 101 g/mol. The molecule has 2 heteroatoms. The van der Waals surface area contributed by atoms with Crippen LogP contribution >= 0.6 is 0 Å². The second-order valence-corrected chi connectivity index (χ2v) is 0.854. The summed E-state index contributed by atoms with van der Waals surface area (Å²) in [5.74, 6) is 0. The van der Waals surface area contributed by atoms with E-state index in [0.717, 1.165) is 6.42 Å². The summed E-state index contributed by atoms with van der Waals surface area (Å²) in [5.41, 5.74) is 0. The Morgan fingerprint density at radius 1 is 1.50 bits per heavy atom.